The van der Waals surface area contributed by atoms with Gasteiger partial charge in [0.05, 0.1) is 5.56 Å². The first-order valence-corrected chi connectivity index (χ1v) is 8.51. The molecule has 1 aromatic rings. The van der Waals surface area contributed by atoms with Crippen molar-refractivity contribution in [1.82, 2.24) is 15.5 Å². The van der Waals surface area contributed by atoms with Crippen LogP contribution in [-0.2, 0) is 4.79 Å². The first-order valence-electron chi connectivity index (χ1n) is 8.51. The van der Waals surface area contributed by atoms with E-state index in [-0.39, 0.29) is 11.8 Å². The van der Waals surface area contributed by atoms with Crippen LogP contribution in [0.15, 0.2) is 24.3 Å². The number of hydrogen-bond donors (Lipinski definition) is 2. The van der Waals surface area contributed by atoms with Crippen molar-refractivity contribution in [2.24, 2.45) is 5.92 Å². The number of hydrogen-bond acceptors (Lipinski definition) is 5. The molecule has 3 amide bonds. The Bertz CT molecular complexity index is 715. The lowest BCUT2D eigenvalue weighted by molar-refractivity contribution is -0.126. The Kier molecular flexibility index (Phi) is 4.91. The standard InChI is InChI=1S/C18H22N4O3/c1-18(16(23)20-17(24)21-18)14-6-4-8-22(12-14)9-10-25-15-7-3-2-5-13(15)11-19/h2-3,5,7,14H,4,6,8-10,12H2,1H3,(H2,20,21,23,24)/t14-,18+/m1/s1. The molecule has 2 fully saturated rings. The smallest absolute Gasteiger partial charge is 0.322 e. The van der Waals surface area contributed by atoms with Crippen LogP contribution in [0.4, 0.5) is 4.79 Å². The summed E-state index contributed by atoms with van der Waals surface area (Å²) >= 11 is 0. The highest BCUT2D eigenvalue weighted by Gasteiger charge is 2.48. The van der Waals surface area contributed by atoms with E-state index in [1.54, 1.807) is 19.1 Å². The van der Waals surface area contributed by atoms with Crippen LogP contribution in [0.3, 0.4) is 0 Å². The van der Waals surface area contributed by atoms with E-state index < -0.39 is 11.6 Å². The highest BCUT2D eigenvalue weighted by molar-refractivity contribution is 6.06. The van der Waals surface area contributed by atoms with E-state index in [1.807, 2.05) is 12.1 Å². The maximum absolute atomic E-state index is 12.1. The molecule has 0 saturated carbocycles. The zero-order valence-electron chi connectivity index (χ0n) is 14.2. The molecule has 7 heteroatoms. The number of ether oxygens (including phenoxy) is 1. The van der Waals surface area contributed by atoms with Crippen molar-refractivity contribution >= 4 is 11.9 Å². The third-order valence-corrected chi connectivity index (χ3v) is 5.07. The Balaban J connectivity index is 1.55. The first-order chi connectivity index (χ1) is 12.0. The molecule has 2 heterocycles. The second-order valence-corrected chi connectivity index (χ2v) is 6.71. The summed E-state index contributed by atoms with van der Waals surface area (Å²) in [6, 6.07) is 8.87. The number of carbonyl (C=O) groups is 2. The van der Waals surface area contributed by atoms with Gasteiger partial charge in [0.1, 0.15) is 24.0 Å². The average molecular weight is 342 g/mol. The Morgan fingerprint density at radius 3 is 2.92 bits per heavy atom. The Morgan fingerprint density at radius 2 is 2.20 bits per heavy atom. The molecule has 3 rings (SSSR count). The first kappa shape index (κ1) is 17.2. The summed E-state index contributed by atoms with van der Waals surface area (Å²) in [5, 5.41) is 14.2. The highest BCUT2D eigenvalue weighted by atomic mass is 16.5. The minimum Gasteiger partial charge on any atom is -0.491 e. The van der Waals surface area contributed by atoms with Crippen LogP contribution < -0.4 is 15.4 Å². The number of imide groups is 1. The second kappa shape index (κ2) is 7.11. The summed E-state index contributed by atoms with van der Waals surface area (Å²) < 4.78 is 5.74. The monoisotopic (exact) mass is 342 g/mol. The summed E-state index contributed by atoms with van der Waals surface area (Å²) in [6.07, 6.45) is 1.87. The SMILES string of the molecule is C[C@@]1([C@@H]2CCCN(CCOc3ccccc3C#N)C2)NC(=O)NC1=O. The summed E-state index contributed by atoms with van der Waals surface area (Å²) in [7, 11) is 0. The van der Waals surface area contributed by atoms with Crippen molar-refractivity contribution in [3.63, 3.8) is 0 Å². The largest absolute Gasteiger partial charge is 0.491 e. The molecule has 0 aliphatic carbocycles. The van der Waals surface area contributed by atoms with Gasteiger partial charge in [-0.1, -0.05) is 12.1 Å². The number of carbonyl (C=O) groups excluding carboxylic acids is 2. The van der Waals surface area contributed by atoms with Gasteiger partial charge in [-0.2, -0.15) is 5.26 Å². The van der Waals surface area contributed by atoms with E-state index in [0.29, 0.717) is 24.5 Å². The second-order valence-electron chi connectivity index (χ2n) is 6.71. The summed E-state index contributed by atoms with van der Waals surface area (Å²) in [5.41, 5.74) is -0.318. The van der Waals surface area contributed by atoms with E-state index in [4.69, 9.17) is 10.00 Å². The maximum Gasteiger partial charge on any atom is 0.322 e. The lowest BCUT2D eigenvalue weighted by Gasteiger charge is -2.39. The predicted octanol–water partition coefficient (Wildman–Crippen LogP) is 1.25. The molecule has 0 bridgehead atoms. The van der Waals surface area contributed by atoms with Gasteiger partial charge < -0.3 is 10.1 Å². The molecule has 2 aliphatic heterocycles. The van der Waals surface area contributed by atoms with E-state index in [0.717, 1.165) is 25.9 Å². The number of rotatable bonds is 5. The van der Waals surface area contributed by atoms with Gasteiger partial charge in [0.25, 0.3) is 5.91 Å². The van der Waals surface area contributed by atoms with Crippen molar-refractivity contribution in [2.45, 2.75) is 25.3 Å². The van der Waals surface area contributed by atoms with E-state index in [9.17, 15) is 9.59 Å². The van der Waals surface area contributed by atoms with E-state index in [1.165, 1.54) is 0 Å². The number of likely N-dealkylation sites (tertiary alicyclic amines) is 1. The summed E-state index contributed by atoms with van der Waals surface area (Å²) in [6.45, 7) is 4.64. The van der Waals surface area contributed by atoms with Crippen LogP contribution in [0.25, 0.3) is 0 Å². The number of nitriles is 1. The van der Waals surface area contributed by atoms with Gasteiger partial charge in [-0.25, -0.2) is 4.79 Å². The molecular weight excluding hydrogens is 320 g/mol. The van der Waals surface area contributed by atoms with Crippen molar-refractivity contribution in [2.75, 3.05) is 26.2 Å². The van der Waals surface area contributed by atoms with Crippen LogP contribution in [0.5, 0.6) is 5.75 Å². The Morgan fingerprint density at radius 1 is 1.40 bits per heavy atom. The fourth-order valence-corrected chi connectivity index (χ4v) is 3.54. The van der Waals surface area contributed by atoms with Crippen LogP contribution in [0.2, 0.25) is 0 Å². The van der Waals surface area contributed by atoms with Gasteiger partial charge in [0.2, 0.25) is 0 Å². The fourth-order valence-electron chi connectivity index (χ4n) is 3.54. The number of nitrogens with one attached hydrogen (secondary N) is 2. The molecule has 2 N–H and O–H groups in total. The number of amides is 3. The van der Waals surface area contributed by atoms with Crippen molar-refractivity contribution in [3.05, 3.63) is 29.8 Å². The molecule has 2 saturated heterocycles. The number of nitrogens with zero attached hydrogens (tertiary/aromatic N) is 2. The lowest BCUT2D eigenvalue weighted by Crippen LogP contribution is -2.56. The van der Waals surface area contributed by atoms with Gasteiger partial charge in [-0.15, -0.1) is 0 Å². The van der Waals surface area contributed by atoms with Crippen LogP contribution in [0, 0.1) is 17.2 Å². The van der Waals surface area contributed by atoms with Crippen LogP contribution in [0.1, 0.15) is 25.3 Å². The van der Waals surface area contributed by atoms with Crippen molar-refractivity contribution in [1.29, 1.82) is 5.26 Å². The molecule has 132 valence electrons. The topological polar surface area (TPSA) is 94.5 Å². The summed E-state index contributed by atoms with van der Waals surface area (Å²) in [4.78, 5) is 25.8. The lowest BCUT2D eigenvalue weighted by atomic mass is 9.80. The molecule has 2 aliphatic rings. The van der Waals surface area contributed by atoms with E-state index in [2.05, 4.69) is 21.6 Å². The average Bonchev–Trinajstić information content (AvgIpc) is 2.89. The number of piperidine rings is 1. The molecule has 1 aromatic carbocycles. The fraction of sp³-hybridized carbons (Fsp3) is 0.500. The zero-order valence-corrected chi connectivity index (χ0v) is 14.2. The Hall–Kier alpha value is -2.59. The predicted molar refractivity (Wildman–Crippen MR) is 90.9 cm³/mol. The molecular formula is C18H22N4O3. The zero-order chi connectivity index (χ0) is 17.9. The van der Waals surface area contributed by atoms with Gasteiger partial charge in [0, 0.05) is 19.0 Å². The maximum atomic E-state index is 12.1. The minimum atomic E-state index is -0.843. The van der Waals surface area contributed by atoms with Gasteiger partial charge in [-0.3, -0.25) is 15.0 Å². The van der Waals surface area contributed by atoms with E-state index >= 15 is 0 Å². The number of benzene rings is 1. The van der Waals surface area contributed by atoms with Crippen molar-refractivity contribution < 1.29 is 14.3 Å². The van der Waals surface area contributed by atoms with Crippen LogP contribution in [-0.4, -0.2) is 48.6 Å². The highest BCUT2D eigenvalue weighted by Crippen LogP contribution is 2.29. The summed E-state index contributed by atoms with van der Waals surface area (Å²) in [5.74, 6) is 0.413. The van der Waals surface area contributed by atoms with Gasteiger partial charge in [0.15, 0.2) is 0 Å². The third-order valence-electron chi connectivity index (χ3n) is 5.07. The molecule has 0 aromatic heterocycles. The molecule has 0 spiro atoms. The van der Waals surface area contributed by atoms with Gasteiger partial charge >= 0.3 is 6.03 Å². The Labute approximate surface area is 146 Å². The molecule has 25 heavy (non-hydrogen) atoms. The molecule has 7 nitrogen and oxygen atoms in total. The van der Waals surface area contributed by atoms with Crippen molar-refractivity contribution in [3.8, 4) is 11.8 Å². The van der Waals surface area contributed by atoms with Crippen LogP contribution >= 0.6 is 0 Å². The molecule has 0 unspecified atom stereocenters. The molecule has 2 atom stereocenters. The number of para-hydroxylation sites is 1. The quantitative estimate of drug-likeness (QED) is 0.785. The number of urea groups is 1. The minimum absolute atomic E-state index is 0.0686. The molecule has 0 radical (unpaired) electrons. The van der Waals surface area contributed by atoms with Gasteiger partial charge in [-0.05, 0) is 38.4 Å². The normalized spacial score (nSPS) is 26.6. The third kappa shape index (κ3) is 3.59.